The number of nitrogens with one attached hydrogen (secondary N) is 1. The highest BCUT2D eigenvalue weighted by atomic mass is 19.1. The number of likely N-dealkylation sites (N-methyl/N-ethyl adjacent to an activating group) is 1. The topological polar surface area (TPSA) is 12.0 Å². The molecule has 112 valence electrons. The minimum atomic E-state index is -0.128. The summed E-state index contributed by atoms with van der Waals surface area (Å²) in [5, 5.41) is 3.60. The number of hydrogen-bond acceptors (Lipinski definition) is 1. The first-order chi connectivity index (χ1) is 9.69. The summed E-state index contributed by atoms with van der Waals surface area (Å²) in [5.41, 5.74) is 2.36. The fourth-order valence-electron chi connectivity index (χ4n) is 3.45. The molecule has 1 aromatic rings. The molecule has 1 nitrogen and oxygen atoms in total. The minimum absolute atomic E-state index is 0.128. The van der Waals surface area contributed by atoms with Crippen molar-refractivity contribution >= 4 is 0 Å². The maximum absolute atomic E-state index is 13.2. The summed E-state index contributed by atoms with van der Waals surface area (Å²) in [6.45, 7) is 5.19. The lowest BCUT2D eigenvalue weighted by Crippen LogP contribution is -2.31. The largest absolute Gasteiger partial charge is 0.314 e. The van der Waals surface area contributed by atoms with Gasteiger partial charge in [-0.15, -0.1) is 0 Å². The Bertz CT molecular complexity index is 410. The zero-order chi connectivity index (χ0) is 14.4. The number of benzene rings is 1. The Kier molecular flexibility index (Phi) is 6.03. The lowest BCUT2D eigenvalue weighted by Gasteiger charge is -2.21. The first kappa shape index (κ1) is 15.5. The van der Waals surface area contributed by atoms with Gasteiger partial charge in [-0.1, -0.05) is 38.7 Å². The van der Waals surface area contributed by atoms with E-state index in [1.54, 1.807) is 12.1 Å². The summed E-state index contributed by atoms with van der Waals surface area (Å²) in [6, 6.07) is 5.71. The Morgan fingerprint density at radius 3 is 2.70 bits per heavy atom. The van der Waals surface area contributed by atoms with Gasteiger partial charge in [0.05, 0.1) is 0 Å². The van der Waals surface area contributed by atoms with Crippen LogP contribution >= 0.6 is 0 Å². The van der Waals surface area contributed by atoms with Gasteiger partial charge < -0.3 is 5.32 Å². The van der Waals surface area contributed by atoms with Gasteiger partial charge in [-0.25, -0.2) is 4.39 Å². The first-order valence-electron chi connectivity index (χ1n) is 8.17. The van der Waals surface area contributed by atoms with Crippen molar-refractivity contribution in [3.8, 4) is 0 Å². The molecule has 1 atom stereocenters. The van der Waals surface area contributed by atoms with Crippen LogP contribution in [0.25, 0.3) is 0 Å². The third kappa shape index (κ3) is 4.59. The predicted molar refractivity (Wildman–Crippen MR) is 83.5 cm³/mol. The van der Waals surface area contributed by atoms with Gasteiger partial charge in [-0.3, -0.25) is 0 Å². The van der Waals surface area contributed by atoms with Crippen molar-refractivity contribution in [2.75, 3.05) is 6.54 Å². The number of hydrogen-bond donors (Lipinski definition) is 1. The van der Waals surface area contributed by atoms with Crippen molar-refractivity contribution in [3.63, 3.8) is 0 Å². The number of rotatable bonds is 7. The number of aryl methyl sites for hydroxylation is 1. The fourth-order valence-corrected chi connectivity index (χ4v) is 3.45. The van der Waals surface area contributed by atoms with Crippen molar-refractivity contribution in [1.82, 2.24) is 5.32 Å². The SMILES string of the molecule is CCNC(CCC1CCCC1)Cc1ccc(F)cc1C. The van der Waals surface area contributed by atoms with E-state index in [0.717, 1.165) is 24.4 Å². The van der Waals surface area contributed by atoms with Gasteiger partial charge in [-0.2, -0.15) is 0 Å². The summed E-state index contributed by atoms with van der Waals surface area (Å²) in [4.78, 5) is 0. The molecule has 0 heterocycles. The van der Waals surface area contributed by atoms with E-state index >= 15 is 0 Å². The lowest BCUT2D eigenvalue weighted by molar-refractivity contribution is 0.407. The van der Waals surface area contributed by atoms with E-state index in [1.165, 1.54) is 44.1 Å². The Morgan fingerprint density at radius 1 is 1.30 bits per heavy atom. The Labute approximate surface area is 123 Å². The molecule has 0 bridgehead atoms. The van der Waals surface area contributed by atoms with Gasteiger partial charge in [0.1, 0.15) is 5.82 Å². The molecule has 1 N–H and O–H groups in total. The molecule has 0 spiro atoms. The summed E-state index contributed by atoms with van der Waals surface area (Å²) < 4.78 is 13.2. The molecule has 1 aliphatic carbocycles. The van der Waals surface area contributed by atoms with Gasteiger partial charge in [-0.05, 0) is 61.9 Å². The second-order valence-electron chi connectivity index (χ2n) is 6.26. The van der Waals surface area contributed by atoms with Crippen LogP contribution in [0.2, 0.25) is 0 Å². The van der Waals surface area contributed by atoms with E-state index < -0.39 is 0 Å². The third-order valence-electron chi connectivity index (χ3n) is 4.66. The second kappa shape index (κ2) is 7.78. The summed E-state index contributed by atoms with van der Waals surface area (Å²) in [6.07, 6.45) is 9.31. The average molecular weight is 277 g/mol. The molecule has 1 saturated carbocycles. The maximum Gasteiger partial charge on any atom is 0.123 e. The maximum atomic E-state index is 13.2. The normalized spacial score (nSPS) is 17.6. The van der Waals surface area contributed by atoms with Crippen LogP contribution in [0, 0.1) is 18.7 Å². The summed E-state index contributed by atoms with van der Waals surface area (Å²) in [7, 11) is 0. The predicted octanol–water partition coefficient (Wildman–Crippen LogP) is 4.63. The Hall–Kier alpha value is -0.890. The average Bonchev–Trinajstić information content (AvgIpc) is 2.92. The molecule has 2 rings (SSSR count). The van der Waals surface area contributed by atoms with Crippen LogP contribution in [0.1, 0.15) is 56.6 Å². The molecule has 0 aromatic heterocycles. The molecule has 20 heavy (non-hydrogen) atoms. The van der Waals surface area contributed by atoms with Gasteiger partial charge in [0.25, 0.3) is 0 Å². The van der Waals surface area contributed by atoms with Crippen LogP contribution in [0.5, 0.6) is 0 Å². The molecule has 0 radical (unpaired) electrons. The second-order valence-corrected chi connectivity index (χ2v) is 6.26. The third-order valence-corrected chi connectivity index (χ3v) is 4.66. The van der Waals surface area contributed by atoms with E-state index in [1.807, 2.05) is 13.0 Å². The smallest absolute Gasteiger partial charge is 0.123 e. The molecular formula is C18H28FN. The van der Waals surface area contributed by atoms with E-state index in [0.29, 0.717) is 6.04 Å². The van der Waals surface area contributed by atoms with Crippen LogP contribution in [-0.2, 0) is 6.42 Å². The molecule has 0 aliphatic heterocycles. The highest BCUT2D eigenvalue weighted by Crippen LogP contribution is 2.29. The van der Waals surface area contributed by atoms with E-state index in [9.17, 15) is 4.39 Å². The molecule has 1 unspecified atom stereocenters. The molecule has 2 heteroatoms. The summed E-state index contributed by atoms with van der Waals surface area (Å²) in [5.74, 6) is 0.822. The zero-order valence-corrected chi connectivity index (χ0v) is 12.9. The Morgan fingerprint density at radius 2 is 2.05 bits per heavy atom. The van der Waals surface area contributed by atoms with Crippen molar-refractivity contribution in [2.24, 2.45) is 5.92 Å². The quantitative estimate of drug-likeness (QED) is 0.766. The van der Waals surface area contributed by atoms with Crippen LogP contribution in [0.3, 0.4) is 0 Å². The molecule has 0 saturated heterocycles. The van der Waals surface area contributed by atoms with E-state index in [-0.39, 0.29) is 5.82 Å². The van der Waals surface area contributed by atoms with E-state index in [2.05, 4.69) is 12.2 Å². The molecule has 1 aromatic carbocycles. The van der Waals surface area contributed by atoms with Crippen LogP contribution in [0.4, 0.5) is 4.39 Å². The first-order valence-corrected chi connectivity index (χ1v) is 8.17. The van der Waals surface area contributed by atoms with Crippen molar-refractivity contribution in [3.05, 3.63) is 35.1 Å². The van der Waals surface area contributed by atoms with Gasteiger partial charge in [0.2, 0.25) is 0 Å². The minimum Gasteiger partial charge on any atom is -0.314 e. The zero-order valence-electron chi connectivity index (χ0n) is 12.9. The lowest BCUT2D eigenvalue weighted by atomic mass is 9.93. The van der Waals surface area contributed by atoms with Gasteiger partial charge in [0, 0.05) is 6.04 Å². The fraction of sp³-hybridized carbons (Fsp3) is 0.667. The van der Waals surface area contributed by atoms with Crippen LogP contribution in [0.15, 0.2) is 18.2 Å². The number of halogens is 1. The molecular weight excluding hydrogens is 249 g/mol. The van der Waals surface area contributed by atoms with Gasteiger partial charge in [0.15, 0.2) is 0 Å². The molecule has 1 aliphatic rings. The Balaban J connectivity index is 1.90. The molecule has 1 fully saturated rings. The standard InChI is InChI=1S/C18H28FN/c1-3-20-18(11-8-15-6-4-5-7-15)13-16-9-10-17(19)12-14(16)2/h9-10,12,15,18,20H,3-8,11,13H2,1-2H3. The van der Waals surface area contributed by atoms with Crippen LogP contribution < -0.4 is 5.32 Å². The van der Waals surface area contributed by atoms with Crippen molar-refractivity contribution in [2.45, 2.75) is 64.8 Å². The molecule has 0 amide bonds. The monoisotopic (exact) mass is 277 g/mol. The van der Waals surface area contributed by atoms with Crippen molar-refractivity contribution < 1.29 is 4.39 Å². The highest BCUT2D eigenvalue weighted by Gasteiger charge is 2.17. The van der Waals surface area contributed by atoms with Crippen molar-refractivity contribution in [1.29, 1.82) is 0 Å². The van der Waals surface area contributed by atoms with Gasteiger partial charge >= 0.3 is 0 Å². The highest BCUT2D eigenvalue weighted by molar-refractivity contribution is 5.27. The summed E-state index contributed by atoms with van der Waals surface area (Å²) >= 11 is 0. The van der Waals surface area contributed by atoms with E-state index in [4.69, 9.17) is 0 Å². The van der Waals surface area contributed by atoms with Crippen LogP contribution in [-0.4, -0.2) is 12.6 Å².